The highest BCUT2D eigenvalue weighted by atomic mass is 32.2. The standard InChI is InChI=1S/C14H18N4O2S/c1-14(7-8-21(19,20)9-14)18-12-10-5-3-4-6-11(10)16-13(15-2)17-12/h3-6H,7-9H2,1-2H3,(H2,15,16,17,18). The summed E-state index contributed by atoms with van der Waals surface area (Å²) >= 11 is 0. The Morgan fingerprint density at radius 1 is 1.24 bits per heavy atom. The van der Waals surface area contributed by atoms with Gasteiger partial charge in [-0.15, -0.1) is 0 Å². The number of nitrogens with zero attached hydrogens (tertiary/aromatic N) is 2. The van der Waals surface area contributed by atoms with Gasteiger partial charge in [-0.2, -0.15) is 4.98 Å². The Bertz CT molecular complexity index is 791. The first kappa shape index (κ1) is 14.1. The zero-order chi connectivity index (χ0) is 15.1. The van der Waals surface area contributed by atoms with E-state index in [-0.39, 0.29) is 11.5 Å². The average molecular weight is 306 g/mol. The largest absolute Gasteiger partial charge is 0.363 e. The topological polar surface area (TPSA) is 84.0 Å². The van der Waals surface area contributed by atoms with Gasteiger partial charge >= 0.3 is 0 Å². The van der Waals surface area contributed by atoms with Crippen LogP contribution in [0.4, 0.5) is 11.8 Å². The molecule has 0 radical (unpaired) electrons. The molecule has 1 fully saturated rings. The van der Waals surface area contributed by atoms with Gasteiger partial charge in [-0.1, -0.05) is 12.1 Å². The number of benzene rings is 1. The molecule has 21 heavy (non-hydrogen) atoms. The van der Waals surface area contributed by atoms with Crippen molar-refractivity contribution in [1.29, 1.82) is 0 Å². The van der Waals surface area contributed by atoms with E-state index < -0.39 is 15.4 Å². The maximum Gasteiger partial charge on any atom is 0.224 e. The van der Waals surface area contributed by atoms with Gasteiger partial charge in [-0.3, -0.25) is 0 Å². The molecule has 0 spiro atoms. The molecule has 1 unspecified atom stereocenters. The molecule has 1 aromatic heterocycles. The van der Waals surface area contributed by atoms with Crippen molar-refractivity contribution in [3.8, 4) is 0 Å². The van der Waals surface area contributed by atoms with Crippen LogP contribution in [0.5, 0.6) is 0 Å². The zero-order valence-electron chi connectivity index (χ0n) is 12.0. The molecule has 6 nitrogen and oxygen atoms in total. The van der Waals surface area contributed by atoms with Crippen molar-refractivity contribution in [2.45, 2.75) is 18.9 Å². The summed E-state index contributed by atoms with van der Waals surface area (Å²) < 4.78 is 23.5. The number of hydrogen-bond acceptors (Lipinski definition) is 6. The van der Waals surface area contributed by atoms with Crippen molar-refractivity contribution in [2.75, 3.05) is 29.2 Å². The molecule has 1 atom stereocenters. The molecule has 1 aromatic carbocycles. The summed E-state index contributed by atoms with van der Waals surface area (Å²) in [5.74, 6) is 1.54. The number of fused-ring (bicyclic) bond motifs is 1. The second-order valence-electron chi connectivity index (χ2n) is 5.69. The Labute approximate surface area is 123 Å². The quantitative estimate of drug-likeness (QED) is 0.897. The average Bonchev–Trinajstić information content (AvgIpc) is 2.72. The van der Waals surface area contributed by atoms with Gasteiger partial charge in [0.1, 0.15) is 5.82 Å². The maximum absolute atomic E-state index is 11.7. The second kappa shape index (κ2) is 4.84. The van der Waals surface area contributed by atoms with Crippen LogP contribution in [0.3, 0.4) is 0 Å². The molecule has 2 heterocycles. The Balaban J connectivity index is 2.04. The van der Waals surface area contributed by atoms with Crippen LogP contribution in [0, 0.1) is 0 Å². The molecule has 1 aliphatic heterocycles. The SMILES string of the molecule is CNc1nc(NC2(C)CCS(=O)(=O)C2)c2ccccc2n1. The van der Waals surface area contributed by atoms with Crippen LogP contribution in [0.25, 0.3) is 10.9 Å². The van der Waals surface area contributed by atoms with Gasteiger partial charge in [0.05, 0.1) is 22.6 Å². The van der Waals surface area contributed by atoms with Crippen LogP contribution in [-0.4, -0.2) is 42.5 Å². The summed E-state index contributed by atoms with van der Waals surface area (Å²) in [6.45, 7) is 1.92. The minimum absolute atomic E-state index is 0.132. The molecule has 1 saturated heterocycles. The van der Waals surface area contributed by atoms with Crippen LogP contribution >= 0.6 is 0 Å². The lowest BCUT2D eigenvalue weighted by atomic mass is 10.0. The molecule has 7 heteroatoms. The number of aromatic nitrogens is 2. The number of nitrogens with one attached hydrogen (secondary N) is 2. The molecule has 0 amide bonds. The zero-order valence-corrected chi connectivity index (χ0v) is 12.9. The first-order chi connectivity index (χ1) is 9.91. The normalized spacial score (nSPS) is 24.1. The van der Waals surface area contributed by atoms with E-state index in [0.717, 1.165) is 10.9 Å². The summed E-state index contributed by atoms with van der Waals surface area (Å²) in [4.78, 5) is 8.85. The van der Waals surface area contributed by atoms with E-state index in [0.29, 0.717) is 18.2 Å². The predicted molar refractivity (Wildman–Crippen MR) is 84.4 cm³/mol. The van der Waals surface area contributed by atoms with E-state index in [1.54, 1.807) is 7.05 Å². The third kappa shape index (κ3) is 2.78. The Kier molecular flexibility index (Phi) is 3.24. The third-order valence-corrected chi connectivity index (χ3v) is 5.65. The maximum atomic E-state index is 11.7. The van der Waals surface area contributed by atoms with Crippen LogP contribution in [0.2, 0.25) is 0 Å². The predicted octanol–water partition coefficient (Wildman–Crippen LogP) is 1.66. The van der Waals surface area contributed by atoms with Gasteiger partial charge in [0.25, 0.3) is 0 Å². The van der Waals surface area contributed by atoms with Gasteiger partial charge in [0.15, 0.2) is 9.84 Å². The first-order valence-electron chi connectivity index (χ1n) is 6.84. The van der Waals surface area contributed by atoms with Gasteiger partial charge < -0.3 is 10.6 Å². The van der Waals surface area contributed by atoms with Crippen molar-refractivity contribution in [3.63, 3.8) is 0 Å². The molecule has 2 aromatic rings. The first-order valence-corrected chi connectivity index (χ1v) is 8.66. The van der Waals surface area contributed by atoms with Crippen molar-refractivity contribution in [3.05, 3.63) is 24.3 Å². The molecule has 1 aliphatic rings. The van der Waals surface area contributed by atoms with E-state index >= 15 is 0 Å². The Hall–Kier alpha value is -1.89. The van der Waals surface area contributed by atoms with Crippen LogP contribution < -0.4 is 10.6 Å². The van der Waals surface area contributed by atoms with Crippen LogP contribution in [-0.2, 0) is 9.84 Å². The lowest BCUT2D eigenvalue weighted by molar-refractivity contribution is 0.572. The summed E-state index contributed by atoms with van der Waals surface area (Å²) in [5, 5.41) is 7.14. The van der Waals surface area contributed by atoms with Gasteiger partial charge in [-0.05, 0) is 25.5 Å². The van der Waals surface area contributed by atoms with Gasteiger partial charge in [0.2, 0.25) is 5.95 Å². The molecule has 0 aliphatic carbocycles. The van der Waals surface area contributed by atoms with Crippen LogP contribution in [0.1, 0.15) is 13.3 Å². The highest BCUT2D eigenvalue weighted by Crippen LogP contribution is 2.30. The number of sulfone groups is 1. The fraction of sp³-hybridized carbons (Fsp3) is 0.429. The molecule has 0 saturated carbocycles. The van der Waals surface area contributed by atoms with Crippen molar-refractivity contribution in [1.82, 2.24) is 9.97 Å². The fourth-order valence-corrected chi connectivity index (χ4v) is 4.77. The highest BCUT2D eigenvalue weighted by molar-refractivity contribution is 7.91. The monoisotopic (exact) mass is 306 g/mol. The van der Waals surface area contributed by atoms with E-state index in [1.165, 1.54) is 0 Å². The fourth-order valence-electron chi connectivity index (χ4n) is 2.68. The van der Waals surface area contributed by atoms with E-state index in [1.807, 2.05) is 31.2 Å². The molecular weight excluding hydrogens is 288 g/mol. The molecule has 2 N–H and O–H groups in total. The number of anilines is 2. The number of hydrogen-bond donors (Lipinski definition) is 2. The van der Waals surface area contributed by atoms with E-state index in [2.05, 4.69) is 20.6 Å². The Morgan fingerprint density at radius 2 is 2.00 bits per heavy atom. The third-order valence-electron chi connectivity index (χ3n) is 3.75. The van der Waals surface area contributed by atoms with Gasteiger partial charge in [0, 0.05) is 12.4 Å². The van der Waals surface area contributed by atoms with Crippen molar-refractivity contribution >= 4 is 32.5 Å². The van der Waals surface area contributed by atoms with Crippen molar-refractivity contribution in [2.24, 2.45) is 0 Å². The molecule has 0 bridgehead atoms. The second-order valence-corrected chi connectivity index (χ2v) is 7.87. The van der Waals surface area contributed by atoms with Gasteiger partial charge in [-0.25, -0.2) is 13.4 Å². The summed E-state index contributed by atoms with van der Waals surface area (Å²) in [6.07, 6.45) is 0.586. The summed E-state index contributed by atoms with van der Waals surface area (Å²) in [7, 11) is -1.20. The molecule has 3 rings (SSSR count). The van der Waals surface area contributed by atoms with Crippen molar-refractivity contribution < 1.29 is 8.42 Å². The lowest BCUT2D eigenvalue weighted by Gasteiger charge is -2.25. The minimum Gasteiger partial charge on any atom is -0.363 e. The number of rotatable bonds is 3. The molecule has 112 valence electrons. The Morgan fingerprint density at radius 3 is 2.67 bits per heavy atom. The highest BCUT2D eigenvalue weighted by Gasteiger charge is 2.38. The van der Waals surface area contributed by atoms with Crippen LogP contribution in [0.15, 0.2) is 24.3 Å². The molecular formula is C14H18N4O2S. The van der Waals surface area contributed by atoms with E-state index in [4.69, 9.17) is 0 Å². The summed E-state index contributed by atoms with van der Waals surface area (Å²) in [6, 6.07) is 7.69. The number of para-hydroxylation sites is 1. The van der Waals surface area contributed by atoms with E-state index in [9.17, 15) is 8.42 Å². The smallest absolute Gasteiger partial charge is 0.224 e. The minimum atomic E-state index is -2.96. The summed E-state index contributed by atoms with van der Waals surface area (Å²) in [5.41, 5.74) is 0.338. The lowest BCUT2D eigenvalue weighted by Crippen LogP contribution is -2.36.